The van der Waals surface area contributed by atoms with Gasteiger partial charge < -0.3 is 9.47 Å². The van der Waals surface area contributed by atoms with Gasteiger partial charge in [-0.2, -0.15) is 0 Å². The Bertz CT molecular complexity index is 255. The van der Waals surface area contributed by atoms with Crippen LogP contribution in [0.3, 0.4) is 0 Å². The second-order valence-electron chi connectivity index (χ2n) is 5.18. The van der Waals surface area contributed by atoms with E-state index in [9.17, 15) is 9.59 Å². The molecule has 1 aliphatic carbocycles. The van der Waals surface area contributed by atoms with Crippen LogP contribution < -0.4 is 0 Å². The summed E-state index contributed by atoms with van der Waals surface area (Å²) in [4.78, 5) is 23.3. The standard InChI is InChI=1S/C13H22O4/c1-8(2)16-12(14)10-5-6-11(7-10)13(15)17-9(3)4/h8-11H,5-7H2,1-4H3. The Labute approximate surface area is 103 Å². The Morgan fingerprint density at radius 2 is 1.24 bits per heavy atom. The predicted octanol–water partition coefficient (Wildman–Crippen LogP) is 2.31. The van der Waals surface area contributed by atoms with E-state index < -0.39 is 0 Å². The fourth-order valence-corrected chi connectivity index (χ4v) is 2.07. The average Bonchev–Trinajstić information content (AvgIpc) is 2.63. The van der Waals surface area contributed by atoms with E-state index >= 15 is 0 Å². The van der Waals surface area contributed by atoms with Gasteiger partial charge in [-0.25, -0.2) is 0 Å². The van der Waals surface area contributed by atoms with E-state index in [2.05, 4.69) is 0 Å². The van der Waals surface area contributed by atoms with Gasteiger partial charge >= 0.3 is 11.9 Å². The van der Waals surface area contributed by atoms with E-state index in [-0.39, 0.29) is 36.0 Å². The van der Waals surface area contributed by atoms with Gasteiger partial charge in [-0.15, -0.1) is 0 Å². The van der Waals surface area contributed by atoms with Crippen LogP contribution in [0.15, 0.2) is 0 Å². The molecule has 0 bridgehead atoms. The summed E-state index contributed by atoms with van der Waals surface area (Å²) in [6.45, 7) is 7.32. The number of ether oxygens (including phenoxy) is 2. The van der Waals surface area contributed by atoms with Crippen LogP contribution in [0.1, 0.15) is 47.0 Å². The van der Waals surface area contributed by atoms with Crippen LogP contribution >= 0.6 is 0 Å². The van der Waals surface area contributed by atoms with E-state index in [0.717, 1.165) is 12.8 Å². The van der Waals surface area contributed by atoms with Crippen LogP contribution in [0.2, 0.25) is 0 Å². The van der Waals surface area contributed by atoms with Gasteiger partial charge in [0, 0.05) is 0 Å². The lowest BCUT2D eigenvalue weighted by atomic mass is 10.1. The topological polar surface area (TPSA) is 52.6 Å². The minimum atomic E-state index is -0.181. The summed E-state index contributed by atoms with van der Waals surface area (Å²) in [6.07, 6.45) is 1.83. The van der Waals surface area contributed by atoms with E-state index in [1.54, 1.807) is 0 Å². The normalized spacial score (nSPS) is 24.1. The molecule has 0 radical (unpaired) electrons. The number of carbonyl (C=O) groups is 2. The zero-order valence-corrected chi connectivity index (χ0v) is 11.1. The first-order valence-electron chi connectivity index (χ1n) is 6.31. The number of rotatable bonds is 4. The molecule has 0 saturated heterocycles. The van der Waals surface area contributed by atoms with Crippen molar-refractivity contribution < 1.29 is 19.1 Å². The summed E-state index contributed by atoms with van der Waals surface area (Å²) in [5.74, 6) is -0.635. The third kappa shape index (κ3) is 4.36. The first-order valence-corrected chi connectivity index (χ1v) is 6.31. The fraction of sp³-hybridized carbons (Fsp3) is 0.846. The molecule has 4 nitrogen and oxygen atoms in total. The van der Waals surface area contributed by atoms with Crippen molar-refractivity contribution in [2.45, 2.75) is 59.2 Å². The smallest absolute Gasteiger partial charge is 0.309 e. The van der Waals surface area contributed by atoms with Gasteiger partial charge in [0.15, 0.2) is 0 Å². The molecule has 0 spiro atoms. The van der Waals surface area contributed by atoms with Crippen molar-refractivity contribution in [1.82, 2.24) is 0 Å². The maximum atomic E-state index is 11.7. The zero-order chi connectivity index (χ0) is 13.0. The van der Waals surface area contributed by atoms with Crippen molar-refractivity contribution in [3.05, 3.63) is 0 Å². The Morgan fingerprint density at radius 3 is 1.53 bits per heavy atom. The molecule has 0 aromatic rings. The summed E-state index contributed by atoms with van der Waals surface area (Å²) >= 11 is 0. The van der Waals surface area contributed by atoms with Gasteiger partial charge in [0.05, 0.1) is 24.0 Å². The molecular formula is C13H22O4. The van der Waals surface area contributed by atoms with Crippen LogP contribution in [0.5, 0.6) is 0 Å². The largest absolute Gasteiger partial charge is 0.463 e. The molecule has 2 unspecified atom stereocenters. The summed E-state index contributed by atoms with van der Waals surface area (Å²) < 4.78 is 10.3. The summed E-state index contributed by atoms with van der Waals surface area (Å²) in [7, 11) is 0. The lowest BCUT2D eigenvalue weighted by Crippen LogP contribution is -2.22. The van der Waals surface area contributed by atoms with Crippen LogP contribution in [-0.4, -0.2) is 24.1 Å². The quantitative estimate of drug-likeness (QED) is 0.710. The van der Waals surface area contributed by atoms with Gasteiger partial charge in [0.25, 0.3) is 0 Å². The van der Waals surface area contributed by atoms with Crippen molar-refractivity contribution in [3.63, 3.8) is 0 Å². The molecule has 98 valence electrons. The zero-order valence-electron chi connectivity index (χ0n) is 11.1. The highest BCUT2D eigenvalue weighted by Gasteiger charge is 2.36. The Kier molecular flexibility index (Phi) is 4.97. The molecule has 0 amide bonds. The number of esters is 2. The lowest BCUT2D eigenvalue weighted by molar-refractivity contribution is -0.153. The minimum absolute atomic E-state index is 0.0934. The molecule has 0 aliphatic heterocycles. The summed E-state index contributed by atoms with van der Waals surface area (Å²) in [5, 5.41) is 0. The van der Waals surface area contributed by atoms with Gasteiger partial charge in [0.2, 0.25) is 0 Å². The molecule has 1 fully saturated rings. The number of carbonyl (C=O) groups excluding carboxylic acids is 2. The SMILES string of the molecule is CC(C)OC(=O)C1CCC(C(=O)OC(C)C)C1. The molecule has 0 N–H and O–H groups in total. The first kappa shape index (κ1) is 14.0. The van der Waals surface area contributed by atoms with Crippen molar-refractivity contribution >= 4 is 11.9 Å². The van der Waals surface area contributed by atoms with E-state index in [1.165, 1.54) is 0 Å². The van der Waals surface area contributed by atoms with Crippen LogP contribution in [0, 0.1) is 11.8 Å². The molecular weight excluding hydrogens is 220 g/mol. The Morgan fingerprint density at radius 1 is 0.882 bits per heavy atom. The first-order chi connectivity index (χ1) is 7.90. The van der Waals surface area contributed by atoms with Gasteiger partial charge in [0.1, 0.15) is 0 Å². The minimum Gasteiger partial charge on any atom is -0.463 e. The van der Waals surface area contributed by atoms with Crippen molar-refractivity contribution in [2.75, 3.05) is 0 Å². The van der Waals surface area contributed by atoms with Crippen LogP contribution in [-0.2, 0) is 19.1 Å². The Hall–Kier alpha value is -1.06. The highest BCUT2D eigenvalue weighted by Crippen LogP contribution is 2.33. The lowest BCUT2D eigenvalue weighted by Gasteiger charge is -2.14. The molecule has 0 aromatic heterocycles. The molecule has 1 aliphatic rings. The molecule has 2 atom stereocenters. The monoisotopic (exact) mass is 242 g/mol. The molecule has 0 aromatic carbocycles. The molecule has 1 rings (SSSR count). The van der Waals surface area contributed by atoms with E-state index in [4.69, 9.17) is 9.47 Å². The summed E-state index contributed by atoms with van der Waals surface area (Å²) in [6, 6.07) is 0. The molecule has 17 heavy (non-hydrogen) atoms. The second-order valence-corrected chi connectivity index (χ2v) is 5.18. The Balaban J connectivity index is 2.41. The van der Waals surface area contributed by atoms with Crippen LogP contribution in [0.4, 0.5) is 0 Å². The maximum Gasteiger partial charge on any atom is 0.309 e. The fourth-order valence-electron chi connectivity index (χ4n) is 2.07. The maximum absolute atomic E-state index is 11.7. The number of hydrogen-bond acceptors (Lipinski definition) is 4. The van der Waals surface area contributed by atoms with Crippen LogP contribution in [0.25, 0.3) is 0 Å². The average molecular weight is 242 g/mol. The highest BCUT2D eigenvalue weighted by atomic mass is 16.5. The van der Waals surface area contributed by atoms with Gasteiger partial charge in [-0.05, 0) is 47.0 Å². The highest BCUT2D eigenvalue weighted by molar-refractivity contribution is 5.77. The molecule has 1 saturated carbocycles. The van der Waals surface area contributed by atoms with Gasteiger partial charge in [-0.1, -0.05) is 0 Å². The third-order valence-electron chi connectivity index (χ3n) is 2.80. The third-order valence-corrected chi connectivity index (χ3v) is 2.80. The second kappa shape index (κ2) is 6.03. The molecule has 4 heteroatoms. The van der Waals surface area contributed by atoms with Crippen molar-refractivity contribution in [3.8, 4) is 0 Å². The predicted molar refractivity (Wildman–Crippen MR) is 63.3 cm³/mol. The van der Waals surface area contributed by atoms with E-state index in [0.29, 0.717) is 6.42 Å². The van der Waals surface area contributed by atoms with E-state index in [1.807, 2.05) is 27.7 Å². The number of hydrogen-bond donors (Lipinski definition) is 0. The molecule has 0 heterocycles. The van der Waals surface area contributed by atoms with Crippen molar-refractivity contribution in [1.29, 1.82) is 0 Å². The summed E-state index contributed by atoms with van der Waals surface area (Å²) in [5.41, 5.74) is 0. The van der Waals surface area contributed by atoms with Gasteiger partial charge in [-0.3, -0.25) is 9.59 Å². The van der Waals surface area contributed by atoms with Crippen molar-refractivity contribution in [2.24, 2.45) is 11.8 Å².